The predicted octanol–water partition coefficient (Wildman–Crippen LogP) is 1.31. The van der Waals surface area contributed by atoms with Gasteiger partial charge < -0.3 is 10.6 Å². The molecule has 0 unspecified atom stereocenters. The molecule has 3 heterocycles. The van der Waals surface area contributed by atoms with Gasteiger partial charge in [0.05, 0.1) is 5.02 Å². The monoisotopic (exact) mass is 251 g/mol. The van der Waals surface area contributed by atoms with Crippen LogP contribution in [0.15, 0.2) is 18.3 Å². The van der Waals surface area contributed by atoms with Crippen LogP contribution in [0.4, 0.5) is 5.95 Å². The molecule has 0 spiro atoms. The molecule has 0 saturated carbocycles. The number of aromatic nitrogens is 3. The molecule has 2 aromatic rings. The molecule has 1 aliphatic heterocycles. The highest BCUT2D eigenvalue weighted by molar-refractivity contribution is 6.30. The normalized spacial score (nSPS) is 17.9. The van der Waals surface area contributed by atoms with Gasteiger partial charge in [-0.2, -0.15) is 4.98 Å². The van der Waals surface area contributed by atoms with Crippen molar-refractivity contribution in [3.8, 4) is 0 Å². The van der Waals surface area contributed by atoms with Gasteiger partial charge in [0.15, 0.2) is 5.65 Å². The van der Waals surface area contributed by atoms with E-state index in [2.05, 4.69) is 15.0 Å². The lowest BCUT2D eigenvalue weighted by Gasteiger charge is -2.28. The van der Waals surface area contributed by atoms with E-state index in [0.29, 0.717) is 11.1 Å². The van der Waals surface area contributed by atoms with Crippen molar-refractivity contribution in [2.45, 2.75) is 18.9 Å². The second-order valence-electron chi connectivity index (χ2n) is 4.39. The Morgan fingerprint density at radius 2 is 2.06 bits per heavy atom. The van der Waals surface area contributed by atoms with Gasteiger partial charge in [0.1, 0.15) is 0 Å². The lowest BCUT2D eigenvalue weighted by atomic mass is 10.1. The third-order valence-corrected chi connectivity index (χ3v) is 3.33. The SMILES string of the molecule is NC1CCN(c2nc3ccc(Cl)cn3n2)CC1. The number of fused-ring (bicyclic) bond motifs is 1. The van der Waals surface area contributed by atoms with Crippen LogP contribution in [0.1, 0.15) is 12.8 Å². The molecule has 17 heavy (non-hydrogen) atoms. The lowest BCUT2D eigenvalue weighted by Crippen LogP contribution is -2.40. The molecule has 0 aromatic carbocycles. The Hall–Kier alpha value is -1.33. The van der Waals surface area contributed by atoms with E-state index in [9.17, 15) is 0 Å². The highest BCUT2D eigenvalue weighted by Crippen LogP contribution is 2.17. The van der Waals surface area contributed by atoms with Crippen molar-refractivity contribution in [2.24, 2.45) is 5.73 Å². The van der Waals surface area contributed by atoms with Crippen molar-refractivity contribution in [2.75, 3.05) is 18.0 Å². The molecule has 2 aromatic heterocycles. The van der Waals surface area contributed by atoms with Crippen molar-refractivity contribution in [1.82, 2.24) is 14.6 Å². The van der Waals surface area contributed by atoms with Gasteiger partial charge in [-0.15, -0.1) is 5.10 Å². The van der Waals surface area contributed by atoms with E-state index in [4.69, 9.17) is 17.3 Å². The van der Waals surface area contributed by atoms with Gasteiger partial charge in [0.2, 0.25) is 5.95 Å². The predicted molar refractivity (Wildman–Crippen MR) is 67.4 cm³/mol. The quantitative estimate of drug-likeness (QED) is 0.830. The second-order valence-corrected chi connectivity index (χ2v) is 4.82. The molecule has 1 fully saturated rings. The summed E-state index contributed by atoms with van der Waals surface area (Å²) in [5.41, 5.74) is 6.70. The summed E-state index contributed by atoms with van der Waals surface area (Å²) >= 11 is 5.91. The summed E-state index contributed by atoms with van der Waals surface area (Å²) in [7, 11) is 0. The van der Waals surface area contributed by atoms with Crippen LogP contribution in [0.5, 0.6) is 0 Å². The number of rotatable bonds is 1. The van der Waals surface area contributed by atoms with E-state index in [-0.39, 0.29) is 0 Å². The third-order valence-electron chi connectivity index (χ3n) is 3.11. The molecule has 0 atom stereocenters. The fourth-order valence-corrected chi connectivity index (χ4v) is 2.24. The first-order valence-electron chi connectivity index (χ1n) is 5.75. The minimum Gasteiger partial charge on any atom is -0.339 e. The summed E-state index contributed by atoms with van der Waals surface area (Å²) in [6, 6.07) is 4.01. The Bertz CT molecular complexity index is 530. The first-order valence-corrected chi connectivity index (χ1v) is 6.12. The average molecular weight is 252 g/mol. The number of nitrogens with two attached hydrogens (primary N) is 1. The van der Waals surface area contributed by atoms with E-state index in [1.54, 1.807) is 10.7 Å². The van der Waals surface area contributed by atoms with Crippen LogP contribution in [-0.2, 0) is 0 Å². The Morgan fingerprint density at radius 1 is 1.29 bits per heavy atom. The smallest absolute Gasteiger partial charge is 0.245 e. The Kier molecular flexibility index (Phi) is 2.64. The molecule has 0 amide bonds. The first kappa shape index (κ1) is 10.8. The minimum absolute atomic E-state index is 0.317. The van der Waals surface area contributed by atoms with Gasteiger partial charge in [-0.3, -0.25) is 0 Å². The van der Waals surface area contributed by atoms with E-state index in [0.717, 1.165) is 37.5 Å². The zero-order valence-corrected chi connectivity index (χ0v) is 10.1. The third kappa shape index (κ3) is 2.08. The number of hydrogen-bond acceptors (Lipinski definition) is 4. The molecule has 3 rings (SSSR count). The first-order chi connectivity index (χ1) is 8.22. The summed E-state index contributed by atoms with van der Waals surface area (Å²) < 4.78 is 1.71. The van der Waals surface area contributed by atoms with Gasteiger partial charge in [0, 0.05) is 25.3 Å². The van der Waals surface area contributed by atoms with Crippen LogP contribution in [-0.4, -0.2) is 33.7 Å². The van der Waals surface area contributed by atoms with Crippen LogP contribution in [0.2, 0.25) is 5.02 Å². The van der Waals surface area contributed by atoms with Crippen molar-refractivity contribution in [1.29, 1.82) is 0 Å². The molecule has 2 N–H and O–H groups in total. The zero-order valence-electron chi connectivity index (χ0n) is 9.38. The van der Waals surface area contributed by atoms with Crippen LogP contribution in [0.25, 0.3) is 5.65 Å². The largest absolute Gasteiger partial charge is 0.339 e. The van der Waals surface area contributed by atoms with Gasteiger partial charge in [-0.05, 0) is 25.0 Å². The number of pyridine rings is 1. The summed E-state index contributed by atoms with van der Waals surface area (Å²) in [6.07, 6.45) is 3.76. The molecule has 1 aliphatic rings. The molecule has 0 bridgehead atoms. The van der Waals surface area contributed by atoms with Crippen molar-refractivity contribution < 1.29 is 0 Å². The average Bonchev–Trinajstić information content (AvgIpc) is 2.72. The molecule has 6 heteroatoms. The van der Waals surface area contributed by atoms with E-state index in [1.165, 1.54) is 0 Å². The zero-order chi connectivity index (χ0) is 11.8. The van der Waals surface area contributed by atoms with Crippen LogP contribution < -0.4 is 10.6 Å². The molecule has 0 aliphatic carbocycles. The van der Waals surface area contributed by atoms with Crippen LogP contribution in [0.3, 0.4) is 0 Å². The molecule has 5 nitrogen and oxygen atoms in total. The minimum atomic E-state index is 0.317. The maximum absolute atomic E-state index is 5.91. The fraction of sp³-hybridized carbons (Fsp3) is 0.455. The van der Waals surface area contributed by atoms with Gasteiger partial charge >= 0.3 is 0 Å². The van der Waals surface area contributed by atoms with Crippen molar-refractivity contribution >= 4 is 23.2 Å². The molecule has 90 valence electrons. The standard InChI is InChI=1S/C11H14ClN5/c12-8-1-2-10-14-11(15-17(10)7-8)16-5-3-9(13)4-6-16/h1-2,7,9H,3-6,13H2. The summed E-state index contributed by atoms with van der Waals surface area (Å²) in [5.74, 6) is 0.763. The second kappa shape index (κ2) is 4.16. The molecule has 1 saturated heterocycles. The van der Waals surface area contributed by atoms with Crippen LogP contribution in [0, 0.1) is 0 Å². The van der Waals surface area contributed by atoms with E-state index >= 15 is 0 Å². The van der Waals surface area contributed by atoms with E-state index in [1.807, 2.05) is 12.1 Å². The lowest BCUT2D eigenvalue weighted by molar-refractivity contribution is 0.495. The molecular formula is C11H14ClN5. The maximum Gasteiger partial charge on any atom is 0.245 e. The molecular weight excluding hydrogens is 238 g/mol. The van der Waals surface area contributed by atoms with Crippen molar-refractivity contribution in [3.63, 3.8) is 0 Å². The Labute approximate surface area is 104 Å². The molecule has 0 radical (unpaired) electrons. The topological polar surface area (TPSA) is 59.5 Å². The van der Waals surface area contributed by atoms with Gasteiger partial charge in [-0.1, -0.05) is 11.6 Å². The number of hydrogen-bond donors (Lipinski definition) is 1. The number of nitrogens with zero attached hydrogens (tertiary/aromatic N) is 4. The van der Waals surface area contributed by atoms with Gasteiger partial charge in [-0.25, -0.2) is 4.52 Å². The highest BCUT2D eigenvalue weighted by Gasteiger charge is 2.19. The summed E-state index contributed by atoms with van der Waals surface area (Å²) in [6.45, 7) is 1.84. The maximum atomic E-state index is 5.91. The summed E-state index contributed by atoms with van der Waals surface area (Å²) in [4.78, 5) is 6.65. The van der Waals surface area contributed by atoms with Gasteiger partial charge in [0.25, 0.3) is 0 Å². The number of halogens is 1. The Balaban J connectivity index is 1.90. The fourth-order valence-electron chi connectivity index (χ4n) is 2.08. The van der Waals surface area contributed by atoms with Crippen molar-refractivity contribution in [3.05, 3.63) is 23.4 Å². The van der Waals surface area contributed by atoms with E-state index < -0.39 is 0 Å². The number of piperidine rings is 1. The summed E-state index contributed by atoms with van der Waals surface area (Å²) in [5, 5.41) is 5.09. The number of anilines is 1. The highest BCUT2D eigenvalue weighted by atomic mass is 35.5. The Morgan fingerprint density at radius 3 is 2.82 bits per heavy atom. The van der Waals surface area contributed by atoms with Crippen LogP contribution >= 0.6 is 11.6 Å².